The molecule has 2 aliphatic rings. The molecule has 2 fully saturated rings. The van der Waals surface area contributed by atoms with E-state index in [1.54, 1.807) is 0 Å². The van der Waals surface area contributed by atoms with Crippen molar-refractivity contribution < 1.29 is 14.7 Å². The number of carboxylic acids is 1. The number of likely N-dealkylation sites (tertiary alicyclic amines) is 1. The number of carbonyl (C=O) groups excluding carboxylic acids is 1. The van der Waals surface area contributed by atoms with Crippen LogP contribution in [0.4, 0.5) is 4.79 Å². The molecule has 0 aromatic rings. The summed E-state index contributed by atoms with van der Waals surface area (Å²) in [7, 11) is 0. The molecule has 0 radical (unpaired) electrons. The van der Waals surface area contributed by atoms with E-state index in [-0.39, 0.29) is 6.03 Å². The van der Waals surface area contributed by atoms with E-state index < -0.39 is 12.0 Å². The van der Waals surface area contributed by atoms with E-state index in [4.69, 9.17) is 0 Å². The molecular formula is C16H28N2O3. The van der Waals surface area contributed by atoms with Gasteiger partial charge in [-0.15, -0.1) is 0 Å². The Hall–Kier alpha value is -1.26. The van der Waals surface area contributed by atoms with Crippen molar-refractivity contribution in [2.75, 3.05) is 13.1 Å². The van der Waals surface area contributed by atoms with E-state index in [0.717, 1.165) is 25.2 Å². The molecule has 21 heavy (non-hydrogen) atoms. The van der Waals surface area contributed by atoms with Crippen LogP contribution >= 0.6 is 0 Å². The maximum absolute atomic E-state index is 12.2. The third kappa shape index (κ3) is 4.35. The average molecular weight is 296 g/mol. The first kappa shape index (κ1) is 16.1. The van der Waals surface area contributed by atoms with Gasteiger partial charge >= 0.3 is 12.0 Å². The van der Waals surface area contributed by atoms with Gasteiger partial charge in [0.2, 0.25) is 0 Å². The Bertz CT molecular complexity index is 367. The van der Waals surface area contributed by atoms with Crippen LogP contribution in [0.1, 0.15) is 58.3 Å². The zero-order valence-electron chi connectivity index (χ0n) is 13.0. The number of piperidine rings is 1. The van der Waals surface area contributed by atoms with Crippen LogP contribution in [0.5, 0.6) is 0 Å². The number of hydrogen-bond acceptors (Lipinski definition) is 2. The maximum atomic E-state index is 12.2. The van der Waals surface area contributed by atoms with Crippen LogP contribution in [-0.4, -0.2) is 41.1 Å². The number of carboxylic acid groups (broad SMARTS) is 1. The standard InChI is InChI=1S/C16H28N2O3/c1-2-12-8-10-18(14(11-12)15(19)20)16(21)17-9-7-13-5-3-4-6-13/h12-14H,2-11H2,1H3,(H,17,21)(H,19,20). The van der Waals surface area contributed by atoms with Gasteiger partial charge in [0, 0.05) is 13.1 Å². The van der Waals surface area contributed by atoms with Crippen molar-refractivity contribution in [2.24, 2.45) is 11.8 Å². The van der Waals surface area contributed by atoms with E-state index in [9.17, 15) is 14.7 Å². The summed E-state index contributed by atoms with van der Waals surface area (Å²) in [6.45, 7) is 3.31. The molecule has 0 aromatic carbocycles. The molecule has 0 bridgehead atoms. The number of carbonyl (C=O) groups is 2. The molecule has 2 amide bonds. The van der Waals surface area contributed by atoms with Gasteiger partial charge in [0.1, 0.15) is 6.04 Å². The second kappa shape index (κ2) is 7.66. The summed E-state index contributed by atoms with van der Waals surface area (Å²) < 4.78 is 0. The van der Waals surface area contributed by atoms with Gasteiger partial charge in [0.15, 0.2) is 0 Å². The largest absolute Gasteiger partial charge is 0.480 e. The summed E-state index contributed by atoms with van der Waals surface area (Å²) in [5.41, 5.74) is 0. The first-order chi connectivity index (χ1) is 10.1. The summed E-state index contributed by atoms with van der Waals surface area (Å²) in [4.78, 5) is 25.1. The van der Waals surface area contributed by atoms with Crippen LogP contribution in [0.3, 0.4) is 0 Å². The van der Waals surface area contributed by atoms with Gasteiger partial charge < -0.3 is 15.3 Å². The second-order valence-corrected chi connectivity index (χ2v) is 6.52. The number of nitrogens with zero attached hydrogens (tertiary/aromatic N) is 1. The molecule has 5 nitrogen and oxygen atoms in total. The monoisotopic (exact) mass is 296 g/mol. The highest BCUT2D eigenvalue weighted by molar-refractivity contribution is 5.82. The summed E-state index contributed by atoms with van der Waals surface area (Å²) in [5, 5.41) is 12.3. The number of amides is 2. The number of nitrogens with one attached hydrogen (secondary N) is 1. The Balaban J connectivity index is 1.80. The van der Waals surface area contributed by atoms with Crippen molar-refractivity contribution in [3.63, 3.8) is 0 Å². The molecule has 2 unspecified atom stereocenters. The summed E-state index contributed by atoms with van der Waals surface area (Å²) in [6, 6.07) is -0.856. The van der Waals surface area contributed by atoms with Crippen molar-refractivity contribution in [1.82, 2.24) is 10.2 Å². The summed E-state index contributed by atoms with van der Waals surface area (Å²) in [5.74, 6) is 0.291. The highest BCUT2D eigenvalue weighted by Gasteiger charge is 2.35. The van der Waals surface area contributed by atoms with Crippen LogP contribution in [-0.2, 0) is 4.79 Å². The number of aliphatic carboxylic acids is 1. The molecule has 0 aromatic heterocycles. The fourth-order valence-corrected chi connectivity index (χ4v) is 3.67. The topological polar surface area (TPSA) is 69.6 Å². The molecule has 2 N–H and O–H groups in total. The average Bonchev–Trinajstić information content (AvgIpc) is 2.99. The third-order valence-electron chi connectivity index (χ3n) is 5.14. The maximum Gasteiger partial charge on any atom is 0.326 e. The van der Waals surface area contributed by atoms with Crippen LogP contribution < -0.4 is 5.32 Å². The number of hydrogen-bond donors (Lipinski definition) is 2. The Morgan fingerprint density at radius 2 is 1.90 bits per heavy atom. The lowest BCUT2D eigenvalue weighted by Crippen LogP contribution is -2.53. The SMILES string of the molecule is CCC1CCN(C(=O)NCCC2CCCC2)C(C(=O)O)C1. The Labute approximate surface area is 127 Å². The van der Waals surface area contributed by atoms with Gasteiger partial charge in [0.05, 0.1) is 0 Å². The lowest BCUT2D eigenvalue weighted by atomic mass is 9.89. The minimum atomic E-state index is -0.876. The molecule has 1 saturated heterocycles. The quantitative estimate of drug-likeness (QED) is 0.819. The van der Waals surface area contributed by atoms with Crippen LogP contribution in [0.15, 0.2) is 0 Å². The summed E-state index contributed by atoms with van der Waals surface area (Å²) >= 11 is 0. The smallest absolute Gasteiger partial charge is 0.326 e. The van der Waals surface area contributed by atoms with E-state index in [2.05, 4.69) is 12.2 Å². The van der Waals surface area contributed by atoms with Gasteiger partial charge in [-0.3, -0.25) is 0 Å². The van der Waals surface area contributed by atoms with E-state index in [1.807, 2.05) is 0 Å². The molecule has 1 aliphatic carbocycles. The second-order valence-electron chi connectivity index (χ2n) is 6.52. The molecule has 1 saturated carbocycles. The molecule has 0 spiro atoms. The fraction of sp³-hybridized carbons (Fsp3) is 0.875. The predicted octanol–water partition coefficient (Wildman–Crippen LogP) is 2.85. The van der Waals surface area contributed by atoms with Gasteiger partial charge in [-0.05, 0) is 31.1 Å². The zero-order valence-corrected chi connectivity index (χ0v) is 13.0. The van der Waals surface area contributed by atoms with Crippen LogP contribution in [0, 0.1) is 11.8 Å². The van der Waals surface area contributed by atoms with Gasteiger partial charge in [-0.2, -0.15) is 0 Å². The highest BCUT2D eigenvalue weighted by Crippen LogP contribution is 2.27. The van der Waals surface area contributed by atoms with Crippen LogP contribution in [0.25, 0.3) is 0 Å². The minimum absolute atomic E-state index is 0.199. The first-order valence-corrected chi connectivity index (χ1v) is 8.39. The fourth-order valence-electron chi connectivity index (χ4n) is 3.67. The number of urea groups is 1. The molecule has 2 rings (SSSR count). The Morgan fingerprint density at radius 1 is 1.19 bits per heavy atom. The van der Waals surface area contributed by atoms with Crippen molar-refractivity contribution in [2.45, 2.75) is 64.3 Å². The van der Waals surface area contributed by atoms with E-state index in [0.29, 0.717) is 25.4 Å². The Kier molecular flexibility index (Phi) is 5.88. The normalized spacial score (nSPS) is 26.8. The predicted molar refractivity (Wildman–Crippen MR) is 81.1 cm³/mol. The van der Waals surface area contributed by atoms with Crippen LogP contribution in [0.2, 0.25) is 0 Å². The highest BCUT2D eigenvalue weighted by atomic mass is 16.4. The number of rotatable bonds is 5. The molecular weight excluding hydrogens is 268 g/mol. The van der Waals surface area contributed by atoms with E-state index in [1.165, 1.54) is 30.6 Å². The van der Waals surface area contributed by atoms with Crippen molar-refractivity contribution in [3.8, 4) is 0 Å². The lowest BCUT2D eigenvalue weighted by Gasteiger charge is -2.36. The molecule has 5 heteroatoms. The molecule has 1 aliphatic heterocycles. The third-order valence-corrected chi connectivity index (χ3v) is 5.14. The first-order valence-electron chi connectivity index (χ1n) is 8.39. The Morgan fingerprint density at radius 3 is 2.52 bits per heavy atom. The summed E-state index contributed by atoms with van der Waals surface area (Å²) in [6.07, 6.45) is 8.67. The van der Waals surface area contributed by atoms with Gasteiger partial charge in [-0.1, -0.05) is 39.0 Å². The molecule has 1 heterocycles. The van der Waals surface area contributed by atoms with Gasteiger partial charge in [-0.25, -0.2) is 9.59 Å². The van der Waals surface area contributed by atoms with Crippen molar-refractivity contribution >= 4 is 12.0 Å². The lowest BCUT2D eigenvalue weighted by molar-refractivity contribution is -0.144. The van der Waals surface area contributed by atoms with Crippen molar-refractivity contribution in [1.29, 1.82) is 0 Å². The van der Waals surface area contributed by atoms with E-state index >= 15 is 0 Å². The minimum Gasteiger partial charge on any atom is -0.480 e. The zero-order chi connectivity index (χ0) is 15.2. The molecule has 120 valence electrons. The van der Waals surface area contributed by atoms with Crippen molar-refractivity contribution in [3.05, 3.63) is 0 Å². The van der Waals surface area contributed by atoms with Gasteiger partial charge in [0.25, 0.3) is 0 Å². The molecule has 2 atom stereocenters.